The van der Waals surface area contributed by atoms with Crippen LogP contribution in [0.3, 0.4) is 0 Å². The largest absolute Gasteiger partial charge is 0.347 e. The molecule has 1 atom stereocenters. The van der Waals surface area contributed by atoms with Crippen molar-refractivity contribution in [1.29, 1.82) is 5.26 Å². The Balaban J connectivity index is 1.60. The topological polar surface area (TPSA) is 146 Å². The van der Waals surface area contributed by atoms with Gasteiger partial charge in [-0.25, -0.2) is 9.37 Å². The van der Waals surface area contributed by atoms with Gasteiger partial charge < -0.3 is 15.6 Å². The van der Waals surface area contributed by atoms with Gasteiger partial charge in [0.15, 0.2) is 5.69 Å². The zero-order valence-corrected chi connectivity index (χ0v) is 22.0. The SMILES string of the molecule is Cc1cc(=O)[nH]c(CNC(=O)[C@@H](NC(=O)c2nn(Cc3ccc(C#N)cc3)c3c(F)cccc23)C(C)(C)C)n1. The molecule has 10 nitrogen and oxygen atoms in total. The van der Waals surface area contributed by atoms with Crippen molar-refractivity contribution in [1.82, 2.24) is 30.4 Å². The highest BCUT2D eigenvalue weighted by Crippen LogP contribution is 2.25. The van der Waals surface area contributed by atoms with E-state index >= 15 is 0 Å². The maximum absolute atomic E-state index is 14.9. The van der Waals surface area contributed by atoms with E-state index < -0.39 is 29.1 Å². The Labute approximate surface area is 223 Å². The smallest absolute Gasteiger partial charge is 0.273 e. The van der Waals surface area contributed by atoms with E-state index in [4.69, 9.17) is 5.26 Å². The Morgan fingerprint density at radius 1 is 1.18 bits per heavy atom. The maximum atomic E-state index is 14.9. The number of para-hydroxylation sites is 1. The third-order valence-corrected chi connectivity index (χ3v) is 6.10. The molecule has 0 aliphatic carbocycles. The molecule has 0 bridgehead atoms. The van der Waals surface area contributed by atoms with Crippen molar-refractivity contribution in [3.8, 4) is 6.07 Å². The third-order valence-electron chi connectivity index (χ3n) is 6.10. The van der Waals surface area contributed by atoms with Gasteiger partial charge in [-0.1, -0.05) is 45.0 Å². The van der Waals surface area contributed by atoms with Gasteiger partial charge in [0.1, 0.15) is 23.2 Å². The van der Waals surface area contributed by atoms with E-state index in [0.29, 0.717) is 16.6 Å². The summed E-state index contributed by atoms with van der Waals surface area (Å²) in [6, 6.07) is 13.6. The number of nitriles is 1. The molecule has 3 N–H and O–H groups in total. The lowest BCUT2D eigenvalue weighted by molar-refractivity contribution is -0.125. The Kier molecular flexibility index (Phi) is 7.58. The molecule has 11 heteroatoms. The van der Waals surface area contributed by atoms with Crippen LogP contribution in [0.1, 0.15) is 53.9 Å². The first-order valence-electron chi connectivity index (χ1n) is 12.3. The quantitative estimate of drug-likeness (QED) is 0.336. The van der Waals surface area contributed by atoms with E-state index in [1.807, 2.05) is 0 Å². The highest BCUT2D eigenvalue weighted by Gasteiger charge is 2.34. The summed E-state index contributed by atoms with van der Waals surface area (Å²) in [7, 11) is 0. The van der Waals surface area contributed by atoms with Crippen LogP contribution >= 0.6 is 0 Å². The Hall–Kier alpha value is -4.85. The fourth-order valence-corrected chi connectivity index (χ4v) is 4.21. The molecule has 4 aromatic rings. The van der Waals surface area contributed by atoms with E-state index in [9.17, 15) is 18.8 Å². The van der Waals surface area contributed by atoms with Crippen LogP contribution in [0.5, 0.6) is 0 Å². The summed E-state index contributed by atoms with van der Waals surface area (Å²) < 4.78 is 16.3. The second kappa shape index (κ2) is 10.9. The number of aromatic nitrogens is 4. The number of aromatic amines is 1. The number of aryl methyl sites for hydroxylation is 1. The first kappa shape index (κ1) is 27.2. The zero-order chi connectivity index (χ0) is 28.3. The van der Waals surface area contributed by atoms with E-state index in [1.165, 1.54) is 22.9 Å². The lowest BCUT2D eigenvalue weighted by Crippen LogP contribution is -2.53. The minimum atomic E-state index is -0.978. The van der Waals surface area contributed by atoms with E-state index in [0.717, 1.165) is 5.56 Å². The molecule has 4 rings (SSSR count). The van der Waals surface area contributed by atoms with Crippen LogP contribution in [-0.4, -0.2) is 37.6 Å². The van der Waals surface area contributed by atoms with Crippen LogP contribution in [0.15, 0.2) is 53.3 Å². The highest BCUT2D eigenvalue weighted by molar-refractivity contribution is 6.06. The van der Waals surface area contributed by atoms with Crippen molar-refractivity contribution in [2.24, 2.45) is 5.41 Å². The molecule has 0 saturated carbocycles. The monoisotopic (exact) mass is 529 g/mol. The van der Waals surface area contributed by atoms with Crippen molar-refractivity contribution >= 4 is 22.7 Å². The highest BCUT2D eigenvalue weighted by atomic mass is 19.1. The number of carbonyl (C=O) groups is 2. The van der Waals surface area contributed by atoms with E-state index in [1.54, 1.807) is 58.0 Å². The summed E-state index contributed by atoms with van der Waals surface area (Å²) >= 11 is 0. The lowest BCUT2D eigenvalue weighted by atomic mass is 9.86. The molecule has 0 aliphatic rings. The molecule has 0 saturated heterocycles. The number of halogens is 1. The zero-order valence-electron chi connectivity index (χ0n) is 22.0. The van der Waals surface area contributed by atoms with E-state index in [-0.39, 0.29) is 35.7 Å². The fourth-order valence-electron chi connectivity index (χ4n) is 4.21. The van der Waals surface area contributed by atoms with Crippen LogP contribution in [0.4, 0.5) is 4.39 Å². The van der Waals surface area contributed by atoms with Crippen molar-refractivity contribution in [2.75, 3.05) is 0 Å². The minimum absolute atomic E-state index is 0.0233. The summed E-state index contributed by atoms with van der Waals surface area (Å²) in [4.78, 5) is 45.1. The Morgan fingerprint density at radius 2 is 1.90 bits per heavy atom. The number of nitrogens with zero attached hydrogens (tertiary/aromatic N) is 4. The van der Waals surface area contributed by atoms with Crippen LogP contribution in [0.25, 0.3) is 10.9 Å². The number of H-pyrrole nitrogens is 1. The number of benzene rings is 2. The van der Waals surface area contributed by atoms with Crippen molar-refractivity contribution in [2.45, 2.75) is 46.8 Å². The molecular weight excluding hydrogens is 501 g/mol. The number of carbonyl (C=O) groups excluding carboxylic acids is 2. The first-order valence-corrected chi connectivity index (χ1v) is 12.3. The third kappa shape index (κ3) is 6.18. The standard InChI is InChI=1S/C28H28FN7O3/c1-16-12-22(37)33-21(32-16)14-31-27(39)25(28(2,3)4)34-26(38)23-19-6-5-7-20(29)24(19)36(35-23)15-18-10-8-17(13-30)9-11-18/h5-12,25H,14-15H2,1-4H3,(H,31,39)(H,34,38)(H,32,33,37)/t25-/m1/s1. The first-order chi connectivity index (χ1) is 18.5. The van der Waals surface area contributed by atoms with Crippen LogP contribution in [0.2, 0.25) is 0 Å². The van der Waals surface area contributed by atoms with Crippen molar-refractivity contribution in [3.05, 3.63) is 93.0 Å². The van der Waals surface area contributed by atoms with Crippen LogP contribution < -0.4 is 16.2 Å². The Morgan fingerprint density at radius 3 is 2.54 bits per heavy atom. The summed E-state index contributed by atoms with van der Waals surface area (Å²) in [5.41, 5.74) is 0.875. The summed E-state index contributed by atoms with van der Waals surface area (Å²) in [5, 5.41) is 19.2. The molecule has 2 aromatic heterocycles. The summed E-state index contributed by atoms with van der Waals surface area (Å²) in [6.07, 6.45) is 0. The van der Waals surface area contributed by atoms with Gasteiger partial charge in [-0.3, -0.25) is 19.1 Å². The average molecular weight is 530 g/mol. The van der Waals surface area contributed by atoms with Crippen LogP contribution in [-0.2, 0) is 17.9 Å². The van der Waals surface area contributed by atoms with Crippen LogP contribution in [0, 0.1) is 29.5 Å². The molecule has 2 amide bonds. The second-order valence-corrected chi connectivity index (χ2v) is 10.3. The molecule has 0 aliphatic heterocycles. The predicted molar refractivity (Wildman–Crippen MR) is 142 cm³/mol. The van der Waals surface area contributed by atoms with Gasteiger partial charge in [0, 0.05) is 17.1 Å². The van der Waals surface area contributed by atoms with Crippen molar-refractivity contribution < 1.29 is 14.0 Å². The molecule has 2 heterocycles. The average Bonchev–Trinajstić information content (AvgIpc) is 3.24. The minimum Gasteiger partial charge on any atom is -0.347 e. The molecule has 0 fully saturated rings. The molecule has 0 unspecified atom stereocenters. The molecular formula is C28H28FN7O3. The van der Waals surface area contributed by atoms with Gasteiger partial charge in [0.25, 0.3) is 11.5 Å². The van der Waals surface area contributed by atoms with Gasteiger partial charge in [-0.15, -0.1) is 0 Å². The number of rotatable bonds is 7. The molecule has 200 valence electrons. The van der Waals surface area contributed by atoms with Gasteiger partial charge in [-0.05, 0) is 36.1 Å². The normalized spacial score (nSPS) is 12.1. The maximum Gasteiger partial charge on any atom is 0.273 e. The molecule has 0 radical (unpaired) electrons. The van der Waals surface area contributed by atoms with E-state index in [2.05, 4.69) is 31.8 Å². The number of hydrogen-bond donors (Lipinski definition) is 3. The molecule has 39 heavy (non-hydrogen) atoms. The van der Waals surface area contributed by atoms with Gasteiger partial charge in [0.05, 0.1) is 24.7 Å². The predicted octanol–water partition coefficient (Wildman–Crippen LogP) is 2.95. The number of fused-ring (bicyclic) bond motifs is 1. The van der Waals surface area contributed by atoms with Gasteiger partial charge >= 0.3 is 0 Å². The Bertz CT molecular complexity index is 1640. The summed E-state index contributed by atoms with van der Waals surface area (Å²) in [6.45, 7) is 7.20. The van der Waals surface area contributed by atoms with Gasteiger partial charge in [0.2, 0.25) is 5.91 Å². The molecule has 0 spiro atoms. The lowest BCUT2D eigenvalue weighted by Gasteiger charge is -2.30. The number of amides is 2. The fraction of sp³-hybridized carbons (Fsp3) is 0.286. The number of hydrogen-bond acceptors (Lipinski definition) is 6. The second-order valence-electron chi connectivity index (χ2n) is 10.3. The molecule has 2 aromatic carbocycles. The van der Waals surface area contributed by atoms with Gasteiger partial charge in [-0.2, -0.15) is 10.4 Å². The summed E-state index contributed by atoms with van der Waals surface area (Å²) in [5.74, 6) is -1.37. The van der Waals surface area contributed by atoms with Crippen molar-refractivity contribution in [3.63, 3.8) is 0 Å². The number of nitrogens with one attached hydrogen (secondary N) is 3.